The molecule has 2 atom stereocenters. The van der Waals surface area contributed by atoms with Crippen molar-refractivity contribution in [2.75, 3.05) is 18.6 Å². The molecular weight excluding hydrogens is 418 g/mol. The van der Waals surface area contributed by atoms with Gasteiger partial charge in [-0.1, -0.05) is 30.0 Å². The number of carbonyl (C=O) groups excluding carboxylic acids is 1. The Hall–Kier alpha value is -3.12. The lowest BCUT2D eigenvalue weighted by Crippen LogP contribution is -2.64. The summed E-state index contributed by atoms with van der Waals surface area (Å²) >= 11 is 2.43. The van der Waals surface area contributed by atoms with Crippen molar-refractivity contribution in [1.82, 2.24) is 9.88 Å². The van der Waals surface area contributed by atoms with Gasteiger partial charge in [0.25, 0.3) is 5.91 Å². The number of thiazole rings is 1. The van der Waals surface area contributed by atoms with Crippen LogP contribution in [0.25, 0.3) is 0 Å². The number of fused-ring (bicyclic) bond motifs is 1. The van der Waals surface area contributed by atoms with Gasteiger partial charge in [-0.05, 0) is 5.57 Å². The number of aromatic nitrogens is 1. The van der Waals surface area contributed by atoms with Crippen LogP contribution in [0, 0.1) is 0 Å². The first kappa shape index (κ1) is 20.6. The number of hydrogen-bond donors (Lipinski definition) is 2. The van der Waals surface area contributed by atoms with Crippen LogP contribution in [0.15, 0.2) is 51.6 Å². The van der Waals surface area contributed by atoms with Gasteiger partial charge in [0, 0.05) is 17.0 Å². The molecule has 2 aliphatic rings. The average Bonchev–Trinajstić information content (AvgIpc) is 3.13. The quantitative estimate of drug-likeness (QED) is 0.203. The third-order valence-corrected chi connectivity index (χ3v) is 5.97. The van der Waals surface area contributed by atoms with Crippen molar-refractivity contribution in [1.29, 1.82) is 0 Å². The number of thioether (sulfide) groups is 1. The van der Waals surface area contributed by atoms with E-state index in [1.54, 1.807) is 12.2 Å². The third-order valence-electron chi connectivity index (χ3n) is 4.01. The van der Waals surface area contributed by atoms with Gasteiger partial charge in [-0.3, -0.25) is 14.7 Å². The molecule has 1 fully saturated rings. The number of carboxylic acids is 1. The number of β-lactam (4-membered cyclic amide) rings is 1. The Kier molecular flexibility index (Phi) is 6.03. The molecule has 0 radical (unpaired) electrons. The predicted octanol–water partition coefficient (Wildman–Crippen LogP) is 0.199. The zero-order valence-electron chi connectivity index (χ0n) is 15.1. The number of nitrogens with zero attached hydrogens (tertiary/aromatic N) is 4. The number of anilines is 1. The van der Waals surface area contributed by atoms with E-state index < -0.39 is 29.2 Å². The summed E-state index contributed by atoms with van der Waals surface area (Å²) in [4.78, 5) is 38.1. The number of hydrogen-bond acceptors (Lipinski definition) is 10. The van der Waals surface area contributed by atoms with Crippen LogP contribution in [0.2, 0.25) is 0 Å². The van der Waals surface area contributed by atoms with Gasteiger partial charge < -0.3 is 20.8 Å². The van der Waals surface area contributed by atoms with E-state index in [-0.39, 0.29) is 22.2 Å². The normalized spacial score (nSPS) is 22.5. The van der Waals surface area contributed by atoms with Crippen LogP contribution in [-0.4, -0.2) is 62.8 Å². The predicted molar refractivity (Wildman–Crippen MR) is 108 cm³/mol. The van der Waals surface area contributed by atoms with Crippen molar-refractivity contribution < 1.29 is 24.6 Å². The monoisotopic (exact) mass is 434 g/mol. The lowest BCUT2D eigenvalue weighted by Gasteiger charge is -2.48. The Labute approximate surface area is 173 Å². The number of carboxylic acid groups (broad SMARTS) is 1. The second-order valence-corrected chi connectivity index (χ2v) is 7.75. The highest BCUT2D eigenvalue weighted by Gasteiger charge is 2.53. The van der Waals surface area contributed by atoms with Crippen LogP contribution in [0.3, 0.4) is 0 Å². The molecule has 0 unspecified atom stereocenters. The van der Waals surface area contributed by atoms with Crippen LogP contribution >= 0.6 is 23.1 Å². The van der Waals surface area contributed by atoms with Gasteiger partial charge in [0.15, 0.2) is 11.2 Å². The maximum atomic E-state index is 12.6. The molecule has 1 amide bonds. The maximum absolute atomic E-state index is 12.6. The van der Waals surface area contributed by atoms with Crippen LogP contribution in [0.5, 0.6) is 0 Å². The van der Waals surface area contributed by atoms with Crippen molar-refractivity contribution in [2.24, 2.45) is 10.1 Å². The number of nitrogen functional groups attached to an aromatic ring is 1. The molecular formula is C17H16N5O5S2-. The summed E-state index contributed by atoms with van der Waals surface area (Å²) in [6.45, 7) is 3.55. The maximum Gasteiger partial charge on any atom is 0.352 e. The van der Waals surface area contributed by atoms with E-state index in [2.05, 4.69) is 26.5 Å². The number of nitrogens with two attached hydrogens (primary N) is 1. The van der Waals surface area contributed by atoms with Crippen LogP contribution in [0.1, 0.15) is 5.69 Å². The Bertz CT molecular complexity index is 981. The van der Waals surface area contributed by atoms with Crippen molar-refractivity contribution in [3.05, 3.63) is 47.2 Å². The zero-order chi connectivity index (χ0) is 21.1. The minimum atomic E-state index is -1.23. The number of aliphatic imine (C=N–C) groups is 1. The summed E-state index contributed by atoms with van der Waals surface area (Å²) in [5.74, 6) is -2.25. The summed E-state index contributed by atoms with van der Waals surface area (Å²) in [6, 6.07) is -1.02. The minimum Gasteiger partial charge on any atom is -0.857 e. The van der Waals surface area contributed by atoms with E-state index in [9.17, 15) is 19.8 Å². The van der Waals surface area contributed by atoms with Gasteiger partial charge in [0.1, 0.15) is 29.6 Å². The number of oxime groups is 1. The number of allylic oxidation sites excluding steroid dienone is 3. The number of amides is 1. The highest BCUT2D eigenvalue weighted by Crippen LogP contribution is 2.42. The molecule has 0 aromatic carbocycles. The van der Waals surface area contributed by atoms with Crippen molar-refractivity contribution in [3.8, 4) is 0 Å². The number of rotatable bonds is 7. The lowest BCUT2D eigenvalue weighted by atomic mass is 10.0. The van der Waals surface area contributed by atoms with E-state index in [1.807, 2.05) is 0 Å². The first-order valence-corrected chi connectivity index (χ1v) is 10.1. The largest absolute Gasteiger partial charge is 0.857 e. The SMILES string of the molecule is C=C/C=C/C1=C(C(=O)O)N2C(=O)[C@@H](N=C([O-])/C(=N/OC)c3csc(N)n3)[C@H]2SC1. The van der Waals surface area contributed by atoms with Crippen molar-refractivity contribution in [2.45, 2.75) is 11.4 Å². The van der Waals surface area contributed by atoms with E-state index >= 15 is 0 Å². The molecule has 152 valence electrons. The molecule has 3 rings (SSSR count). The summed E-state index contributed by atoms with van der Waals surface area (Å²) in [5.41, 5.74) is 5.95. The van der Waals surface area contributed by atoms with E-state index in [0.717, 1.165) is 16.2 Å². The highest BCUT2D eigenvalue weighted by atomic mass is 32.2. The average molecular weight is 434 g/mol. The highest BCUT2D eigenvalue weighted by molar-refractivity contribution is 8.00. The molecule has 29 heavy (non-hydrogen) atoms. The standard InChI is InChI=1S/C17H17N5O5S2/c1-3-4-5-8-6-28-15-11(14(24)22(15)12(8)16(25)26)20-13(23)10(21-27-2)9-7-29-17(18)19-9/h3-5,7,11,15H,1,6H2,2H3,(H2,18,19)(H,20,23)(H,25,26)/p-1/b5-4+,21-10+/t11-,15-/m1/s1. The molecule has 10 nitrogen and oxygen atoms in total. The molecule has 3 N–H and O–H groups in total. The third kappa shape index (κ3) is 3.89. The topological polar surface area (TPSA) is 154 Å². The minimum absolute atomic E-state index is 0.117. The van der Waals surface area contributed by atoms with Gasteiger partial charge in [0.05, 0.1) is 0 Å². The van der Waals surface area contributed by atoms with Gasteiger partial charge in [0.2, 0.25) is 0 Å². The molecule has 3 heterocycles. The molecule has 1 aromatic rings. The van der Waals surface area contributed by atoms with E-state index in [1.165, 1.54) is 30.3 Å². The number of carbonyl (C=O) groups is 2. The smallest absolute Gasteiger partial charge is 0.352 e. The number of aliphatic carboxylic acids is 1. The molecule has 1 aromatic heterocycles. The van der Waals surface area contributed by atoms with E-state index in [0.29, 0.717) is 11.3 Å². The lowest BCUT2D eigenvalue weighted by molar-refractivity contribution is -0.210. The summed E-state index contributed by atoms with van der Waals surface area (Å²) in [7, 11) is 1.26. The Balaban J connectivity index is 1.89. The van der Waals surface area contributed by atoms with Gasteiger partial charge in [-0.25, -0.2) is 9.78 Å². The molecule has 0 spiro atoms. The van der Waals surface area contributed by atoms with Gasteiger partial charge in [-0.2, -0.15) is 0 Å². The van der Waals surface area contributed by atoms with Gasteiger partial charge in [-0.15, -0.1) is 23.1 Å². The van der Waals surface area contributed by atoms with Crippen LogP contribution in [-0.2, 0) is 14.4 Å². The fourth-order valence-corrected chi connectivity index (χ4v) is 4.64. The summed E-state index contributed by atoms with van der Waals surface area (Å²) < 4.78 is 0. The van der Waals surface area contributed by atoms with Crippen LogP contribution in [0.4, 0.5) is 5.13 Å². The first-order chi connectivity index (χ1) is 13.9. The summed E-state index contributed by atoms with van der Waals surface area (Å²) in [6.07, 6.45) is 4.71. The van der Waals surface area contributed by atoms with Crippen molar-refractivity contribution >= 4 is 51.7 Å². The molecule has 2 aliphatic heterocycles. The first-order valence-electron chi connectivity index (χ1n) is 8.17. The Morgan fingerprint density at radius 1 is 1.59 bits per heavy atom. The second-order valence-electron chi connectivity index (χ2n) is 5.76. The Morgan fingerprint density at radius 3 is 2.93 bits per heavy atom. The van der Waals surface area contributed by atoms with Gasteiger partial charge >= 0.3 is 5.97 Å². The zero-order valence-corrected chi connectivity index (χ0v) is 16.8. The molecule has 1 saturated heterocycles. The molecule has 0 saturated carbocycles. The van der Waals surface area contributed by atoms with E-state index in [4.69, 9.17) is 5.73 Å². The second kappa shape index (κ2) is 8.49. The fraction of sp³-hybridized carbons (Fsp3) is 0.235. The van der Waals surface area contributed by atoms with Crippen LogP contribution < -0.4 is 10.8 Å². The summed E-state index contributed by atoms with van der Waals surface area (Å²) in [5, 5.41) is 27.0. The van der Waals surface area contributed by atoms with Crippen molar-refractivity contribution in [3.63, 3.8) is 0 Å². The fourth-order valence-electron chi connectivity index (χ4n) is 2.79. The molecule has 0 aliphatic carbocycles. The molecule has 12 heteroatoms. The molecule has 0 bridgehead atoms. The Morgan fingerprint density at radius 2 is 2.34 bits per heavy atom.